The average Bonchev–Trinajstić information content (AvgIpc) is 2.75. The third-order valence-corrected chi connectivity index (χ3v) is 6.23. The number of benzene rings is 1. The predicted molar refractivity (Wildman–Crippen MR) is 137 cm³/mol. The van der Waals surface area contributed by atoms with Crippen LogP contribution in [0.5, 0.6) is 5.75 Å². The van der Waals surface area contributed by atoms with E-state index < -0.39 is 11.7 Å². The number of amides is 2. The van der Waals surface area contributed by atoms with Gasteiger partial charge in [-0.15, -0.1) is 11.8 Å². The molecular weight excluding hydrogens is 455 g/mol. The zero-order valence-electron chi connectivity index (χ0n) is 21.9. The minimum atomic E-state index is -0.615. The Bertz CT molecular complexity index is 817. The highest BCUT2D eigenvalue weighted by molar-refractivity contribution is 7.99. The van der Waals surface area contributed by atoms with Crippen molar-refractivity contribution in [3.8, 4) is 5.75 Å². The molecule has 1 rings (SSSR count). The lowest BCUT2D eigenvalue weighted by molar-refractivity contribution is -0.135. The van der Waals surface area contributed by atoms with Gasteiger partial charge in [0.05, 0.1) is 6.33 Å². The van der Waals surface area contributed by atoms with E-state index in [0.717, 1.165) is 10.6 Å². The fourth-order valence-corrected chi connectivity index (χ4v) is 3.96. The molecule has 2 amide bonds. The Kier molecular flexibility index (Phi) is 11.9. The van der Waals surface area contributed by atoms with Gasteiger partial charge in [-0.2, -0.15) is 0 Å². The van der Waals surface area contributed by atoms with Gasteiger partial charge < -0.3 is 19.7 Å². The van der Waals surface area contributed by atoms with Crippen LogP contribution in [0.25, 0.3) is 0 Å². The van der Waals surface area contributed by atoms with Crippen LogP contribution >= 0.6 is 11.8 Å². The quantitative estimate of drug-likeness (QED) is 0.356. The van der Waals surface area contributed by atoms with Crippen LogP contribution in [0.4, 0.5) is 9.18 Å². The zero-order valence-corrected chi connectivity index (χ0v) is 22.7. The monoisotopic (exact) mass is 496 g/mol. The van der Waals surface area contributed by atoms with Gasteiger partial charge in [-0.25, -0.2) is 9.18 Å². The summed E-state index contributed by atoms with van der Waals surface area (Å²) in [7, 11) is 0. The summed E-state index contributed by atoms with van der Waals surface area (Å²) in [6.45, 7) is 16.9. The van der Waals surface area contributed by atoms with Crippen LogP contribution in [0.3, 0.4) is 0 Å². The summed E-state index contributed by atoms with van der Waals surface area (Å²) < 4.78 is 24.0. The van der Waals surface area contributed by atoms with Crippen LogP contribution in [-0.4, -0.2) is 54.5 Å². The Hall–Kier alpha value is -2.22. The number of carbonyl (C=O) groups excluding carboxylic acids is 2. The van der Waals surface area contributed by atoms with Gasteiger partial charge in [-0.05, 0) is 57.4 Å². The highest BCUT2D eigenvalue weighted by Gasteiger charge is 2.25. The number of hydrogen-bond donors (Lipinski definition) is 1. The number of nitrogens with one attached hydrogen (secondary N) is 1. The molecule has 0 unspecified atom stereocenters. The molecule has 6 nitrogen and oxygen atoms in total. The fraction of sp³-hybridized carbons (Fsp3) is 0.615. The molecule has 8 heteroatoms. The molecule has 0 aliphatic rings. The van der Waals surface area contributed by atoms with Crippen LogP contribution in [0.15, 0.2) is 41.1 Å². The molecule has 0 saturated carbocycles. The maximum atomic E-state index is 13.2. The largest absolute Gasteiger partial charge is 0.489 e. The third kappa shape index (κ3) is 11.8. The Morgan fingerprint density at radius 1 is 1.15 bits per heavy atom. The Morgan fingerprint density at radius 3 is 2.26 bits per heavy atom. The summed E-state index contributed by atoms with van der Waals surface area (Å²) in [6, 6.07) is 7.61. The molecule has 0 fully saturated rings. The fourth-order valence-electron chi connectivity index (χ4n) is 2.98. The molecule has 34 heavy (non-hydrogen) atoms. The molecular formula is C26H41FN2O4S. The van der Waals surface area contributed by atoms with Crippen molar-refractivity contribution in [3.63, 3.8) is 0 Å². The van der Waals surface area contributed by atoms with Crippen LogP contribution in [0.2, 0.25) is 0 Å². The summed E-state index contributed by atoms with van der Waals surface area (Å²) in [6.07, 6.45) is -0.167. The van der Waals surface area contributed by atoms with Crippen molar-refractivity contribution in [3.05, 3.63) is 36.2 Å². The van der Waals surface area contributed by atoms with Crippen molar-refractivity contribution in [2.24, 2.45) is 11.3 Å². The maximum Gasteiger partial charge on any atom is 0.407 e. The number of halogens is 1. The van der Waals surface area contributed by atoms with Crippen LogP contribution in [0.1, 0.15) is 55.4 Å². The van der Waals surface area contributed by atoms with E-state index in [9.17, 15) is 14.0 Å². The van der Waals surface area contributed by atoms with Gasteiger partial charge in [0.2, 0.25) is 5.91 Å². The molecule has 192 valence electrons. The molecule has 1 N–H and O–H groups in total. The zero-order chi connectivity index (χ0) is 25.9. The lowest BCUT2D eigenvalue weighted by Gasteiger charge is -2.33. The minimum Gasteiger partial charge on any atom is -0.489 e. The molecule has 0 atom stereocenters. The van der Waals surface area contributed by atoms with Gasteiger partial charge >= 0.3 is 6.09 Å². The van der Waals surface area contributed by atoms with Gasteiger partial charge in [-0.3, -0.25) is 4.79 Å². The number of hydrogen-bond acceptors (Lipinski definition) is 5. The minimum absolute atomic E-state index is 0.00250. The molecule has 0 aliphatic carbocycles. The van der Waals surface area contributed by atoms with E-state index in [1.165, 1.54) is 0 Å². The van der Waals surface area contributed by atoms with E-state index in [1.807, 2.05) is 49.9 Å². The molecule has 0 bridgehead atoms. The second-order valence-electron chi connectivity index (χ2n) is 10.3. The molecule has 0 heterocycles. The molecule has 0 aliphatic heterocycles. The standard InChI is InChI=1S/C26H41FN2O4S/c1-9-29(23(30)19(2)3)17-26(7,8)18-34-22-12-10-21(11-13-22)32-16-20(14-27)15-28-24(31)33-25(4,5)6/h10-14,19H,9,15-18H2,1-8H3,(H,28,31)/b20-14+. The van der Waals surface area contributed by atoms with Crippen molar-refractivity contribution in [1.82, 2.24) is 10.2 Å². The van der Waals surface area contributed by atoms with Gasteiger partial charge in [0.15, 0.2) is 0 Å². The van der Waals surface area contributed by atoms with Crippen molar-refractivity contribution < 1.29 is 23.5 Å². The van der Waals surface area contributed by atoms with Crippen molar-refractivity contribution in [1.29, 1.82) is 0 Å². The number of ether oxygens (including phenoxy) is 2. The first kappa shape index (κ1) is 29.8. The van der Waals surface area contributed by atoms with E-state index in [1.54, 1.807) is 32.5 Å². The van der Waals surface area contributed by atoms with E-state index in [2.05, 4.69) is 19.2 Å². The van der Waals surface area contributed by atoms with Gasteiger partial charge in [0.25, 0.3) is 0 Å². The summed E-state index contributed by atoms with van der Waals surface area (Å²) in [5.74, 6) is 1.65. The van der Waals surface area contributed by atoms with Crippen molar-refractivity contribution in [2.45, 2.75) is 65.9 Å². The first-order valence-electron chi connectivity index (χ1n) is 11.7. The van der Waals surface area contributed by atoms with Gasteiger partial charge in [-0.1, -0.05) is 27.7 Å². The molecule has 0 radical (unpaired) electrons. The highest BCUT2D eigenvalue weighted by atomic mass is 32.2. The van der Waals surface area contributed by atoms with E-state index in [4.69, 9.17) is 9.47 Å². The molecule has 1 aromatic carbocycles. The van der Waals surface area contributed by atoms with Gasteiger partial charge in [0.1, 0.15) is 18.0 Å². The highest BCUT2D eigenvalue weighted by Crippen LogP contribution is 2.30. The maximum absolute atomic E-state index is 13.2. The topological polar surface area (TPSA) is 67.9 Å². The summed E-state index contributed by atoms with van der Waals surface area (Å²) in [4.78, 5) is 27.1. The predicted octanol–water partition coefficient (Wildman–Crippen LogP) is 6.07. The normalized spacial score (nSPS) is 12.5. The molecule has 0 saturated heterocycles. The van der Waals surface area contributed by atoms with Crippen LogP contribution in [-0.2, 0) is 9.53 Å². The van der Waals surface area contributed by atoms with E-state index in [-0.39, 0.29) is 30.4 Å². The number of rotatable bonds is 12. The third-order valence-electron chi connectivity index (χ3n) is 4.70. The first-order valence-corrected chi connectivity index (χ1v) is 12.6. The average molecular weight is 497 g/mol. The second kappa shape index (κ2) is 13.6. The lowest BCUT2D eigenvalue weighted by atomic mass is 9.95. The van der Waals surface area contributed by atoms with E-state index >= 15 is 0 Å². The summed E-state index contributed by atoms with van der Waals surface area (Å²) in [5, 5.41) is 2.52. The number of nitrogens with zero attached hydrogens (tertiary/aromatic N) is 1. The Morgan fingerprint density at radius 2 is 1.76 bits per heavy atom. The first-order chi connectivity index (χ1) is 15.8. The SMILES string of the molecule is CCN(CC(C)(C)CSc1ccc(OC/C(=C/F)CNC(=O)OC(C)(C)C)cc1)C(=O)C(C)C. The number of carbonyl (C=O) groups is 2. The van der Waals surface area contributed by atoms with Crippen LogP contribution < -0.4 is 10.1 Å². The molecule has 0 aromatic heterocycles. The van der Waals surface area contributed by atoms with Crippen molar-refractivity contribution in [2.75, 3.05) is 32.0 Å². The van der Waals surface area contributed by atoms with Crippen LogP contribution in [0, 0.1) is 11.3 Å². The van der Waals surface area contributed by atoms with Gasteiger partial charge in [0, 0.05) is 41.8 Å². The van der Waals surface area contributed by atoms with Crippen molar-refractivity contribution >= 4 is 23.8 Å². The number of alkyl carbamates (subject to hydrolysis) is 1. The second-order valence-corrected chi connectivity index (χ2v) is 11.4. The molecule has 1 aromatic rings. The Balaban J connectivity index is 2.53. The van der Waals surface area contributed by atoms with E-state index in [0.29, 0.717) is 30.7 Å². The summed E-state index contributed by atoms with van der Waals surface area (Å²) >= 11 is 1.73. The lowest BCUT2D eigenvalue weighted by Crippen LogP contribution is -2.41. The number of thioether (sulfide) groups is 1. The molecule has 0 spiro atoms. The smallest absolute Gasteiger partial charge is 0.407 e. The Labute approximate surface area is 208 Å². The summed E-state index contributed by atoms with van der Waals surface area (Å²) in [5.41, 5.74) is -0.360.